The molecule has 1 aliphatic heterocycles. The highest BCUT2D eigenvalue weighted by Gasteiger charge is 2.27. The van der Waals surface area contributed by atoms with Crippen LogP contribution in [0, 0.1) is 0 Å². The van der Waals surface area contributed by atoms with Crippen LogP contribution in [0.3, 0.4) is 0 Å². The van der Waals surface area contributed by atoms with Crippen molar-refractivity contribution in [2.45, 2.75) is 31.9 Å². The monoisotopic (exact) mass is 223 g/mol. The number of halogens is 1. The van der Waals surface area contributed by atoms with Gasteiger partial charge in [-0.15, -0.1) is 0 Å². The van der Waals surface area contributed by atoms with E-state index in [1.807, 2.05) is 12.1 Å². The molecule has 16 heavy (non-hydrogen) atoms. The van der Waals surface area contributed by atoms with Gasteiger partial charge in [-0.2, -0.15) is 0 Å². The minimum atomic E-state index is -1.02. The summed E-state index contributed by atoms with van der Waals surface area (Å²) in [6, 6.07) is 7.12. The van der Waals surface area contributed by atoms with Gasteiger partial charge in [-0.25, -0.2) is 4.39 Å². The summed E-state index contributed by atoms with van der Waals surface area (Å²) < 4.78 is 13.8. The molecule has 1 unspecified atom stereocenters. The second-order valence-electron chi connectivity index (χ2n) is 4.77. The lowest BCUT2D eigenvalue weighted by Crippen LogP contribution is -2.25. The summed E-state index contributed by atoms with van der Waals surface area (Å²) in [4.78, 5) is 2.18. The van der Waals surface area contributed by atoms with Crippen LogP contribution in [0.2, 0.25) is 0 Å². The van der Waals surface area contributed by atoms with Crippen molar-refractivity contribution in [1.82, 2.24) is 0 Å². The smallest absolute Gasteiger partial charge is 0.115 e. The molecule has 0 aromatic heterocycles. The van der Waals surface area contributed by atoms with E-state index in [0.29, 0.717) is 12.8 Å². The van der Waals surface area contributed by atoms with Gasteiger partial charge >= 0.3 is 0 Å². The maximum atomic E-state index is 13.8. The number of rotatable bonds is 1. The van der Waals surface area contributed by atoms with Crippen LogP contribution in [0.1, 0.15) is 26.2 Å². The van der Waals surface area contributed by atoms with Crippen LogP contribution in [0.15, 0.2) is 24.3 Å². The van der Waals surface area contributed by atoms with Crippen LogP contribution in [-0.2, 0) is 0 Å². The molecule has 1 heterocycles. The van der Waals surface area contributed by atoms with E-state index < -0.39 is 5.67 Å². The number of hydrogen-bond donors (Lipinski definition) is 1. The van der Waals surface area contributed by atoms with Gasteiger partial charge in [-0.3, -0.25) is 0 Å². The van der Waals surface area contributed by atoms with Crippen LogP contribution >= 0.6 is 0 Å². The second-order valence-corrected chi connectivity index (χ2v) is 4.77. The predicted molar refractivity (Wildman–Crippen MR) is 63.7 cm³/mol. The number of nitrogens with zero attached hydrogens (tertiary/aromatic N) is 1. The van der Waals surface area contributed by atoms with Crippen molar-refractivity contribution in [3.8, 4) is 5.75 Å². The highest BCUT2D eigenvalue weighted by molar-refractivity contribution is 5.48. The summed E-state index contributed by atoms with van der Waals surface area (Å²) in [5.74, 6) is 0.272. The molecule has 3 heteroatoms. The zero-order valence-electron chi connectivity index (χ0n) is 9.62. The molecule has 0 bridgehead atoms. The van der Waals surface area contributed by atoms with Crippen LogP contribution < -0.4 is 4.90 Å². The fourth-order valence-electron chi connectivity index (χ4n) is 2.17. The summed E-state index contributed by atoms with van der Waals surface area (Å²) in [6.07, 6.45) is 2.10. The molecule has 88 valence electrons. The van der Waals surface area contributed by atoms with Crippen molar-refractivity contribution in [3.05, 3.63) is 24.3 Å². The first-order valence-corrected chi connectivity index (χ1v) is 5.80. The minimum Gasteiger partial charge on any atom is -0.508 e. The molecule has 0 amide bonds. The summed E-state index contributed by atoms with van der Waals surface area (Å²) in [5, 5.41) is 9.22. The van der Waals surface area contributed by atoms with Gasteiger partial charge < -0.3 is 10.0 Å². The lowest BCUT2D eigenvalue weighted by molar-refractivity contribution is 0.170. The topological polar surface area (TPSA) is 23.5 Å². The van der Waals surface area contributed by atoms with E-state index in [4.69, 9.17) is 0 Å². The summed E-state index contributed by atoms with van der Waals surface area (Å²) in [6.45, 7) is 3.33. The van der Waals surface area contributed by atoms with Crippen LogP contribution in [0.5, 0.6) is 5.75 Å². The van der Waals surface area contributed by atoms with Gasteiger partial charge in [0.1, 0.15) is 11.4 Å². The zero-order chi connectivity index (χ0) is 11.6. The number of hydrogen-bond acceptors (Lipinski definition) is 2. The Labute approximate surface area is 95.7 Å². The Kier molecular flexibility index (Phi) is 3.03. The third-order valence-corrected chi connectivity index (χ3v) is 3.24. The lowest BCUT2D eigenvalue weighted by atomic mass is 10.0. The van der Waals surface area contributed by atoms with Crippen molar-refractivity contribution in [3.63, 3.8) is 0 Å². The fourth-order valence-corrected chi connectivity index (χ4v) is 2.17. The van der Waals surface area contributed by atoms with Gasteiger partial charge in [0.25, 0.3) is 0 Å². The normalized spacial score (nSPS) is 26.5. The summed E-state index contributed by atoms with van der Waals surface area (Å²) >= 11 is 0. The average molecular weight is 223 g/mol. The van der Waals surface area contributed by atoms with E-state index in [1.54, 1.807) is 19.1 Å². The first-order chi connectivity index (χ1) is 7.57. The summed E-state index contributed by atoms with van der Waals surface area (Å²) in [7, 11) is 0. The van der Waals surface area contributed by atoms with E-state index in [2.05, 4.69) is 4.90 Å². The minimum absolute atomic E-state index is 0.272. The Morgan fingerprint density at radius 3 is 2.56 bits per heavy atom. The van der Waals surface area contributed by atoms with Crippen LogP contribution in [0.4, 0.5) is 10.1 Å². The lowest BCUT2D eigenvalue weighted by Gasteiger charge is -2.23. The number of alkyl halides is 1. The Hall–Kier alpha value is -1.25. The molecule has 1 fully saturated rings. The third kappa shape index (κ3) is 2.65. The Bertz CT molecular complexity index is 347. The van der Waals surface area contributed by atoms with Crippen molar-refractivity contribution in [2.24, 2.45) is 0 Å². The van der Waals surface area contributed by atoms with Gasteiger partial charge in [0.2, 0.25) is 0 Å². The maximum absolute atomic E-state index is 13.8. The highest BCUT2D eigenvalue weighted by atomic mass is 19.1. The van der Waals surface area contributed by atoms with E-state index in [-0.39, 0.29) is 5.75 Å². The molecule has 2 nitrogen and oxygen atoms in total. The van der Waals surface area contributed by atoms with Gasteiger partial charge in [-0.1, -0.05) is 0 Å². The first-order valence-electron chi connectivity index (χ1n) is 5.80. The second kappa shape index (κ2) is 4.32. The van der Waals surface area contributed by atoms with Crippen molar-refractivity contribution >= 4 is 5.69 Å². The molecular weight excluding hydrogens is 205 g/mol. The number of phenols is 1. The zero-order valence-corrected chi connectivity index (χ0v) is 9.62. The van der Waals surface area contributed by atoms with E-state index in [9.17, 15) is 9.50 Å². The van der Waals surface area contributed by atoms with Crippen LogP contribution in [0.25, 0.3) is 0 Å². The number of phenolic OH excluding ortho intramolecular Hbond substituents is 1. The third-order valence-electron chi connectivity index (χ3n) is 3.24. The molecule has 1 N–H and O–H groups in total. The van der Waals surface area contributed by atoms with Crippen LogP contribution in [-0.4, -0.2) is 23.9 Å². The molecule has 1 saturated heterocycles. The van der Waals surface area contributed by atoms with Gasteiger partial charge in [0, 0.05) is 18.8 Å². The number of anilines is 1. The molecule has 0 radical (unpaired) electrons. The quantitative estimate of drug-likeness (QED) is 0.790. The van der Waals surface area contributed by atoms with Crippen molar-refractivity contribution in [2.75, 3.05) is 18.0 Å². The van der Waals surface area contributed by atoms with Crippen molar-refractivity contribution < 1.29 is 9.50 Å². The molecule has 1 atom stereocenters. The Balaban J connectivity index is 2.08. The molecule has 1 aliphatic rings. The highest BCUT2D eigenvalue weighted by Crippen LogP contribution is 2.28. The van der Waals surface area contributed by atoms with Gasteiger partial charge in [-0.05, 0) is 50.5 Å². The predicted octanol–water partition coefficient (Wildman–Crippen LogP) is 3.11. The van der Waals surface area contributed by atoms with E-state index in [0.717, 1.165) is 25.2 Å². The maximum Gasteiger partial charge on any atom is 0.115 e. The van der Waals surface area contributed by atoms with Gasteiger partial charge in [0.05, 0.1) is 0 Å². The van der Waals surface area contributed by atoms with E-state index >= 15 is 0 Å². The molecule has 0 aliphatic carbocycles. The molecule has 1 aromatic rings. The Morgan fingerprint density at radius 2 is 1.88 bits per heavy atom. The number of aromatic hydroxyl groups is 1. The first kappa shape index (κ1) is 11.2. The largest absolute Gasteiger partial charge is 0.508 e. The van der Waals surface area contributed by atoms with E-state index in [1.165, 1.54) is 0 Å². The number of benzene rings is 1. The average Bonchev–Trinajstić information content (AvgIpc) is 2.41. The van der Waals surface area contributed by atoms with Crippen molar-refractivity contribution in [1.29, 1.82) is 0 Å². The molecule has 1 aromatic carbocycles. The standard InChI is InChI=1S/C13H18FNO/c1-13(14)7-2-9-15(10-8-13)11-3-5-12(16)6-4-11/h3-6,16H,2,7-10H2,1H3. The van der Waals surface area contributed by atoms with Gasteiger partial charge in [0.15, 0.2) is 0 Å². The fraction of sp³-hybridized carbons (Fsp3) is 0.538. The molecule has 2 rings (SSSR count). The Morgan fingerprint density at radius 1 is 1.19 bits per heavy atom. The summed E-state index contributed by atoms with van der Waals surface area (Å²) in [5.41, 5.74) is 0.0431. The SMILES string of the molecule is CC1(F)CCCN(c2ccc(O)cc2)CC1. The molecule has 0 spiro atoms. The molecular formula is C13H18FNO. The molecule has 0 saturated carbocycles.